The molecular formula is C10H14IN. The Hall–Kier alpha value is -0.250. The van der Waals surface area contributed by atoms with Crippen LogP contribution in [0.1, 0.15) is 20.3 Å². The van der Waals surface area contributed by atoms with E-state index in [1.165, 1.54) is 9.15 Å². The SMILES string of the molecule is C=C1C(I)=CC(C)=CN1CCC. The summed E-state index contributed by atoms with van der Waals surface area (Å²) in [5, 5.41) is 0. The minimum Gasteiger partial charge on any atom is -0.347 e. The largest absolute Gasteiger partial charge is 0.347 e. The summed E-state index contributed by atoms with van der Waals surface area (Å²) in [6.07, 6.45) is 5.48. The van der Waals surface area contributed by atoms with Crippen molar-refractivity contribution in [1.29, 1.82) is 0 Å². The second-order valence-electron chi connectivity index (χ2n) is 3.01. The molecule has 0 saturated heterocycles. The molecule has 0 saturated carbocycles. The standard InChI is InChI=1S/C10H14IN/c1-4-5-12-7-8(2)6-10(11)9(12)3/h6-7H,3-5H2,1-2H3. The predicted octanol–water partition coefficient (Wildman–Crippen LogP) is 3.45. The molecule has 2 heteroatoms. The van der Waals surface area contributed by atoms with Crippen LogP contribution >= 0.6 is 22.6 Å². The zero-order valence-corrected chi connectivity index (χ0v) is 9.76. The van der Waals surface area contributed by atoms with Crippen molar-refractivity contribution in [2.24, 2.45) is 0 Å². The van der Waals surface area contributed by atoms with Gasteiger partial charge in [0.1, 0.15) is 0 Å². The van der Waals surface area contributed by atoms with Crippen LogP contribution < -0.4 is 0 Å². The maximum atomic E-state index is 4.04. The van der Waals surface area contributed by atoms with Crippen molar-refractivity contribution in [2.75, 3.05) is 6.54 Å². The summed E-state index contributed by atoms with van der Waals surface area (Å²) in [7, 11) is 0. The Morgan fingerprint density at radius 1 is 1.58 bits per heavy atom. The van der Waals surface area contributed by atoms with Gasteiger partial charge in [-0.2, -0.15) is 0 Å². The first-order valence-electron chi connectivity index (χ1n) is 4.16. The highest BCUT2D eigenvalue weighted by atomic mass is 127. The van der Waals surface area contributed by atoms with Gasteiger partial charge >= 0.3 is 0 Å². The van der Waals surface area contributed by atoms with Gasteiger partial charge in [-0.15, -0.1) is 0 Å². The van der Waals surface area contributed by atoms with E-state index >= 15 is 0 Å². The minimum atomic E-state index is 1.07. The molecule has 0 amide bonds. The highest BCUT2D eigenvalue weighted by molar-refractivity contribution is 14.1. The average molecular weight is 275 g/mol. The van der Waals surface area contributed by atoms with Gasteiger partial charge in [-0.1, -0.05) is 13.5 Å². The van der Waals surface area contributed by atoms with Crippen LogP contribution in [0.4, 0.5) is 0 Å². The summed E-state index contributed by atoms with van der Waals surface area (Å²) in [5.74, 6) is 0. The fourth-order valence-corrected chi connectivity index (χ4v) is 2.02. The summed E-state index contributed by atoms with van der Waals surface area (Å²) in [6.45, 7) is 9.40. The van der Waals surface area contributed by atoms with Gasteiger partial charge in [-0.3, -0.25) is 0 Å². The molecule has 1 heterocycles. The van der Waals surface area contributed by atoms with E-state index in [1.807, 2.05) is 0 Å². The number of rotatable bonds is 2. The van der Waals surface area contributed by atoms with E-state index in [-0.39, 0.29) is 0 Å². The maximum Gasteiger partial charge on any atom is 0.0468 e. The molecule has 1 rings (SSSR count). The third kappa shape index (κ3) is 2.12. The normalized spacial score (nSPS) is 17.6. The van der Waals surface area contributed by atoms with Crippen molar-refractivity contribution >= 4 is 22.6 Å². The van der Waals surface area contributed by atoms with Crippen LogP contribution in [0.3, 0.4) is 0 Å². The molecular weight excluding hydrogens is 261 g/mol. The van der Waals surface area contributed by atoms with Gasteiger partial charge < -0.3 is 4.90 Å². The Morgan fingerprint density at radius 2 is 2.25 bits per heavy atom. The van der Waals surface area contributed by atoms with Crippen molar-refractivity contribution in [3.63, 3.8) is 0 Å². The number of halogens is 1. The first-order chi connectivity index (χ1) is 5.65. The molecule has 0 unspecified atom stereocenters. The molecule has 0 bridgehead atoms. The Morgan fingerprint density at radius 3 is 2.83 bits per heavy atom. The van der Waals surface area contributed by atoms with Crippen LogP contribution in [0.25, 0.3) is 0 Å². The summed E-state index contributed by atoms with van der Waals surface area (Å²) in [6, 6.07) is 0. The van der Waals surface area contributed by atoms with Crippen molar-refractivity contribution in [2.45, 2.75) is 20.3 Å². The van der Waals surface area contributed by atoms with E-state index in [9.17, 15) is 0 Å². The Kier molecular flexibility index (Phi) is 3.38. The second kappa shape index (κ2) is 4.12. The fraction of sp³-hybridized carbons (Fsp3) is 0.400. The second-order valence-corrected chi connectivity index (χ2v) is 4.17. The van der Waals surface area contributed by atoms with Crippen LogP contribution in [-0.2, 0) is 0 Å². The third-order valence-electron chi connectivity index (χ3n) is 1.80. The lowest BCUT2D eigenvalue weighted by Crippen LogP contribution is -2.19. The molecule has 66 valence electrons. The molecule has 0 fully saturated rings. The Balaban J connectivity index is 2.79. The molecule has 1 nitrogen and oxygen atoms in total. The first kappa shape index (κ1) is 9.84. The van der Waals surface area contributed by atoms with Gasteiger partial charge in [-0.05, 0) is 47.6 Å². The highest BCUT2D eigenvalue weighted by Crippen LogP contribution is 2.27. The molecule has 0 N–H and O–H groups in total. The fourth-order valence-electron chi connectivity index (χ4n) is 1.22. The highest BCUT2D eigenvalue weighted by Gasteiger charge is 2.11. The van der Waals surface area contributed by atoms with Crippen LogP contribution in [0.2, 0.25) is 0 Å². The van der Waals surface area contributed by atoms with Crippen LogP contribution in [0, 0.1) is 0 Å². The number of nitrogens with zero attached hydrogens (tertiary/aromatic N) is 1. The molecule has 0 radical (unpaired) electrons. The lowest BCUT2D eigenvalue weighted by Gasteiger charge is -2.26. The smallest absolute Gasteiger partial charge is 0.0468 e. The van der Waals surface area contributed by atoms with Crippen molar-refractivity contribution in [3.8, 4) is 0 Å². The maximum absolute atomic E-state index is 4.04. The summed E-state index contributed by atoms with van der Waals surface area (Å²) >= 11 is 2.33. The Bertz CT molecular complexity index is 251. The van der Waals surface area contributed by atoms with E-state index in [2.05, 4.69) is 60.2 Å². The molecule has 0 aromatic carbocycles. The number of allylic oxidation sites excluding steroid dienone is 3. The zero-order valence-electron chi connectivity index (χ0n) is 7.60. The van der Waals surface area contributed by atoms with Gasteiger partial charge in [0.15, 0.2) is 0 Å². The zero-order chi connectivity index (χ0) is 9.14. The van der Waals surface area contributed by atoms with Gasteiger partial charge in [0.25, 0.3) is 0 Å². The summed E-state index contributed by atoms with van der Waals surface area (Å²) in [5.41, 5.74) is 2.43. The lowest BCUT2D eigenvalue weighted by molar-refractivity contribution is 0.470. The van der Waals surface area contributed by atoms with E-state index in [4.69, 9.17) is 0 Å². The molecule has 0 aromatic heterocycles. The van der Waals surface area contributed by atoms with E-state index in [0.717, 1.165) is 18.7 Å². The summed E-state index contributed by atoms with van der Waals surface area (Å²) < 4.78 is 1.25. The third-order valence-corrected chi connectivity index (χ3v) is 2.73. The molecule has 0 aromatic rings. The topological polar surface area (TPSA) is 3.24 Å². The van der Waals surface area contributed by atoms with Crippen LogP contribution in [0.5, 0.6) is 0 Å². The van der Waals surface area contributed by atoms with Gasteiger partial charge in [0.05, 0.1) is 0 Å². The van der Waals surface area contributed by atoms with Gasteiger partial charge in [0.2, 0.25) is 0 Å². The first-order valence-corrected chi connectivity index (χ1v) is 5.24. The van der Waals surface area contributed by atoms with E-state index in [1.54, 1.807) is 0 Å². The number of hydrogen-bond donors (Lipinski definition) is 0. The molecule has 0 atom stereocenters. The molecule has 0 spiro atoms. The number of hydrogen-bond acceptors (Lipinski definition) is 1. The van der Waals surface area contributed by atoms with Gasteiger partial charge in [-0.25, -0.2) is 0 Å². The summed E-state index contributed by atoms with van der Waals surface area (Å²) in [4.78, 5) is 2.22. The molecule has 1 aliphatic rings. The average Bonchev–Trinajstić information content (AvgIpc) is 2.00. The van der Waals surface area contributed by atoms with Crippen molar-refractivity contribution < 1.29 is 0 Å². The lowest BCUT2D eigenvalue weighted by atomic mass is 10.2. The van der Waals surface area contributed by atoms with Crippen molar-refractivity contribution in [3.05, 3.63) is 33.7 Å². The molecule has 1 aliphatic heterocycles. The van der Waals surface area contributed by atoms with Crippen molar-refractivity contribution in [1.82, 2.24) is 4.90 Å². The van der Waals surface area contributed by atoms with Crippen LogP contribution in [-0.4, -0.2) is 11.4 Å². The molecule has 12 heavy (non-hydrogen) atoms. The Labute approximate surface area is 88.0 Å². The minimum absolute atomic E-state index is 1.07. The monoisotopic (exact) mass is 275 g/mol. The van der Waals surface area contributed by atoms with Crippen LogP contribution in [0.15, 0.2) is 33.7 Å². The van der Waals surface area contributed by atoms with E-state index < -0.39 is 0 Å². The quantitative estimate of drug-likeness (QED) is 0.698. The van der Waals surface area contributed by atoms with Gasteiger partial charge in [0, 0.05) is 22.0 Å². The molecule has 0 aliphatic carbocycles. The van der Waals surface area contributed by atoms with E-state index in [0.29, 0.717) is 0 Å². The predicted molar refractivity (Wildman–Crippen MR) is 62.0 cm³/mol.